The Balaban J connectivity index is 1.65. The van der Waals surface area contributed by atoms with E-state index in [9.17, 15) is 4.79 Å². The van der Waals surface area contributed by atoms with Crippen molar-refractivity contribution in [3.05, 3.63) is 30.1 Å². The van der Waals surface area contributed by atoms with Crippen LogP contribution in [-0.4, -0.2) is 53.2 Å². The van der Waals surface area contributed by atoms with Gasteiger partial charge >= 0.3 is 0 Å². The Labute approximate surface area is 130 Å². The summed E-state index contributed by atoms with van der Waals surface area (Å²) in [6, 6.07) is 8.12. The van der Waals surface area contributed by atoms with E-state index in [1.165, 1.54) is 0 Å². The van der Waals surface area contributed by atoms with E-state index in [2.05, 4.69) is 10.3 Å². The summed E-state index contributed by atoms with van der Waals surface area (Å²) in [6.07, 6.45) is 0.459. The van der Waals surface area contributed by atoms with E-state index in [0.29, 0.717) is 19.6 Å². The molecule has 3 rings (SSSR count). The fourth-order valence-corrected chi connectivity index (χ4v) is 2.75. The molecule has 1 aromatic heterocycles. The number of hydrogen-bond donors (Lipinski definition) is 1. The fourth-order valence-electron chi connectivity index (χ4n) is 2.75. The van der Waals surface area contributed by atoms with Crippen molar-refractivity contribution in [1.82, 2.24) is 19.8 Å². The van der Waals surface area contributed by atoms with E-state index in [4.69, 9.17) is 4.74 Å². The molecule has 118 valence electrons. The van der Waals surface area contributed by atoms with Crippen LogP contribution in [-0.2, 0) is 23.1 Å². The molecule has 0 spiro atoms. The molecule has 6 heteroatoms. The van der Waals surface area contributed by atoms with Crippen molar-refractivity contribution in [3.63, 3.8) is 0 Å². The molecule has 1 N–H and O–H groups in total. The van der Waals surface area contributed by atoms with Crippen LogP contribution in [0.4, 0.5) is 0 Å². The minimum Gasteiger partial charge on any atom is -0.378 e. The predicted molar refractivity (Wildman–Crippen MR) is 84.4 cm³/mol. The van der Waals surface area contributed by atoms with Gasteiger partial charge in [-0.15, -0.1) is 0 Å². The molecule has 0 radical (unpaired) electrons. The Kier molecular flexibility index (Phi) is 4.40. The third-order valence-corrected chi connectivity index (χ3v) is 4.10. The van der Waals surface area contributed by atoms with Gasteiger partial charge in [0.15, 0.2) is 0 Å². The number of rotatable bonds is 4. The summed E-state index contributed by atoms with van der Waals surface area (Å²) < 4.78 is 7.43. The second-order valence-electron chi connectivity index (χ2n) is 5.76. The zero-order valence-corrected chi connectivity index (χ0v) is 13.1. The second kappa shape index (κ2) is 6.46. The Hall–Kier alpha value is -1.92. The van der Waals surface area contributed by atoms with Gasteiger partial charge in [-0.1, -0.05) is 12.1 Å². The molecule has 0 saturated carbocycles. The minimum atomic E-state index is 0.107. The molecule has 0 aliphatic carbocycles. The molecular weight excluding hydrogens is 280 g/mol. The molecule has 1 unspecified atom stereocenters. The van der Waals surface area contributed by atoms with Gasteiger partial charge in [-0.25, -0.2) is 4.98 Å². The van der Waals surface area contributed by atoms with Crippen LogP contribution >= 0.6 is 0 Å². The highest BCUT2D eigenvalue weighted by molar-refractivity contribution is 5.77. The number of ether oxygens (including phenoxy) is 1. The SMILES string of the molecule is CN(Cc1nc2ccccc2n1C)C(=O)CC1COCCN1. The van der Waals surface area contributed by atoms with Crippen LogP contribution in [0.2, 0.25) is 0 Å². The number of amides is 1. The van der Waals surface area contributed by atoms with Crippen LogP contribution in [0.1, 0.15) is 12.2 Å². The number of imidazole rings is 1. The summed E-state index contributed by atoms with van der Waals surface area (Å²) in [6.45, 7) is 2.65. The van der Waals surface area contributed by atoms with E-state index in [0.717, 1.165) is 30.0 Å². The summed E-state index contributed by atoms with van der Waals surface area (Å²) in [5.41, 5.74) is 2.05. The van der Waals surface area contributed by atoms with Gasteiger partial charge < -0.3 is 19.5 Å². The first-order valence-corrected chi connectivity index (χ1v) is 7.60. The van der Waals surface area contributed by atoms with Crippen molar-refractivity contribution in [2.45, 2.75) is 19.0 Å². The average Bonchev–Trinajstić information content (AvgIpc) is 2.85. The highest BCUT2D eigenvalue weighted by Gasteiger charge is 2.20. The van der Waals surface area contributed by atoms with Crippen LogP contribution in [0.25, 0.3) is 11.0 Å². The lowest BCUT2D eigenvalue weighted by Crippen LogP contribution is -2.44. The topological polar surface area (TPSA) is 59.4 Å². The Morgan fingerprint density at radius 1 is 1.50 bits per heavy atom. The molecule has 1 aromatic carbocycles. The Morgan fingerprint density at radius 3 is 3.05 bits per heavy atom. The van der Waals surface area contributed by atoms with Gasteiger partial charge in [-0.2, -0.15) is 0 Å². The number of nitrogens with one attached hydrogen (secondary N) is 1. The molecule has 1 aliphatic rings. The van der Waals surface area contributed by atoms with Gasteiger partial charge in [0.1, 0.15) is 5.82 Å². The summed E-state index contributed by atoms with van der Waals surface area (Å²) >= 11 is 0. The number of carbonyl (C=O) groups is 1. The van der Waals surface area contributed by atoms with Gasteiger partial charge in [0, 0.05) is 33.1 Å². The third-order valence-electron chi connectivity index (χ3n) is 4.10. The van der Waals surface area contributed by atoms with E-state index in [1.807, 2.05) is 42.9 Å². The molecule has 0 bridgehead atoms. The van der Waals surface area contributed by atoms with E-state index >= 15 is 0 Å². The number of nitrogens with zero attached hydrogens (tertiary/aromatic N) is 3. The number of para-hydroxylation sites is 2. The number of aromatic nitrogens is 2. The van der Waals surface area contributed by atoms with E-state index < -0.39 is 0 Å². The number of aryl methyl sites for hydroxylation is 1. The first kappa shape index (κ1) is 15.0. The lowest BCUT2D eigenvalue weighted by Gasteiger charge is -2.25. The van der Waals surface area contributed by atoms with Crippen molar-refractivity contribution in [1.29, 1.82) is 0 Å². The first-order valence-electron chi connectivity index (χ1n) is 7.60. The summed E-state index contributed by atoms with van der Waals surface area (Å²) in [7, 11) is 3.81. The van der Waals surface area contributed by atoms with Crippen molar-refractivity contribution in [2.75, 3.05) is 26.8 Å². The van der Waals surface area contributed by atoms with Gasteiger partial charge in [0.05, 0.1) is 30.8 Å². The van der Waals surface area contributed by atoms with E-state index in [-0.39, 0.29) is 11.9 Å². The van der Waals surface area contributed by atoms with Gasteiger partial charge in [0.25, 0.3) is 0 Å². The van der Waals surface area contributed by atoms with Crippen LogP contribution in [0.5, 0.6) is 0 Å². The van der Waals surface area contributed by atoms with Crippen molar-refractivity contribution in [2.24, 2.45) is 7.05 Å². The highest BCUT2D eigenvalue weighted by Crippen LogP contribution is 2.15. The molecule has 1 amide bonds. The molecule has 1 fully saturated rings. The fraction of sp³-hybridized carbons (Fsp3) is 0.500. The van der Waals surface area contributed by atoms with Gasteiger partial charge in [-0.05, 0) is 12.1 Å². The van der Waals surface area contributed by atoms with Crippen LogP contribution in [0.3, 0.4) is 0 Å². The standard InChI is InChI=1S/C16H22N4O2/c1-19(16(21)9-12-11-22-8-7-17-12)10-15-18-13-5-3-4-6-14(13)20(15)2/h3-6,12,17H,7-11H2,1-2H3. The lowest BCUT2D eigenvalue weighted by molar-refractivity contribution is -0.131. The normalized spacial score (nSPS) is 18.5. The zero-order valence-electron chi connectivity index (χ0n) is 13.1. The molecular formula is C16H22N4O2. The second-order valence-corrected chi connectivity index (χ2v) is 5.76. The number of benzene rings is 1. The maximum atomic E-state index is 12.3. The number of morpholine rings is 1. The van der Waals surface area contributed by atoms with Crippen molar-refractivity contribution in [3.8, 4) is 0 Å². The number of hydrogen-bond acceptors (Lipinski definition) is 4. The largest absolute Gasteiger partial charge is 0.378 e. The Morgan fingerprint density at radius 2 is 2.32 bits per heavy atom. The lowest BCUT2D eigenvalue weighted by atomic mass is 10.2. The maximum absolute atomic E-state index is 12.3. The summed E-state index contributed by atoms with van der Waals surface area (Å²) in [5.74, 6) is 1.000. The number of fused-ring (bicyclic) bond motifs is 1. The molecule has 1 atom stereocenters. The van der Waals surface area contributed by atoms with Crippen molar-refractivity contribution >= 4 is 16.9 Å². The zero-order chi connectivity index (χ0) is 15.5. The average molecular weight is 302 g/mol. The van der Waals surface area contributed by atoms with Crippen LogP contribution < -0.4 is 5.32 Å². The maximum Gasteiger partial charge on any atom is 0.224 e. The van der Waals surface area contributed by atoms with E-state index in [1.54, 1.807) is 4.90 Å². The molecule has 22 heavy (non-hydrogen) atoms. The molecule has 1 aliphatic heterocycles. The monoisotopic (exact) mass is 302 g/mol. The first-order chi connectivity index (χ1) is 10.6. The predicted octanol–water partition coefficient (Wildman–Crippen LogP) is 0.910. The molecule has 6 nitrogen and oxygen atoms in total. The third kappa shape index (κ3) is 3.13. The Bertz CT molecular complexity index is 661. The minimum absolute atomic E-state index is 0.107. The number of carbonyl (C=O) groups excluding carboxylic acids is 1. The smallest absolute Gasteiger partial charge is 0.224 e. The quantitative estimate of drug-likeness (QED) is 0.912. The molecule has 1 saturated heterocycles. The van der Waals surface area contributed by atoms with Gasteiger partial charge in [-0.3, -0.25) is 4.79 Å². The molecule has 2 heterocycles. The molecule has 2 aromatic rings. The summed E-state index contributed by atoms with van der Waals surface area (Å²) in [4.78, 5) is 18.7. The van der Waals surface area contributed by atoms with Crippen LogP contribution in [0, 0.1) is 0 Å². The summed E-state index contributed by atoms with van der Waals surface area (Å²) in [5, 5.41) is 3.31. The van der Waals surface area contributed by atoms with Crippen LogP contribution in [0.15, 0.2) is 24.3 Å². The van der Waals surface area contributed by atoms with Gasteiger partial charge in [0.2, 0.25) is 5.91 Å². The van der Waals surface area contributed by atoms with Crippen molar-refractivity contribution < 1.29 is 9.53 Å². The highest BCUT2D eigenvalue weighted by atomic mass is 16.5.